The van der Waals surface area contributed by atoms with Crippen molar-refractivity contribution in [3.63, 3.8) is 0 Å². The minimum absolute atomic E-state index is 0.151. The molecular formula is C14H18N2O. The second-order valence-corrected chi connectivity index (χ2v) is 5.21. The highest BCUT2D eigenvalue weighted by Crippen LogP contribution is 2.47. The summed E-state index contributed by atoms with van der Waals surface area (Å²) in [5.41, 5.74) is 5.09. The fraction of sp³-hybridized carbons (Fsp3) is 0.429. The second kappa shape index (κ2) is 3.86. The Kier molecular flexibility index (Phi) is 2.45. The van der Waals surface area contributed by atoms with Gasteiger partial charge < -0.3 is 4.42 Å². The number of nitrogens with one attached hydrogen (secondary N) is 1. The van der Waals surface area contributed by atoms with E-state index in [4.69, 9.17) is 10.3 Å². The molecule has 1 aliphatic carbocycles. The van der Waals surface area contributed by atoms with Crippen LogP contribution in [0.3, 0.4) is 0 Å². The van der Waals surface area contributed by atoms with Crippen LogP contribution >= 0.6 is 0 Å². The molecule has 3 N–H and O–H groups in total. The number of hydrazine groups is 1. The van der Waals surface area contributed by atoms with E-state index in [1.165, 1.54) is 12.0 Å². The van der Waals surface area contributed by atoms with Crippen molar-refractivity contribution in [1.29, 1.82) is 0 Å². The average Bonchev–Trinajstić information content (AvgIpc) is 2.87. The number of rotatable bonds is 3. The SMILES string of the molecule is Cc1ccc2oc(C(NN)C3CC3C)cc2c1. The Morgan fingerprint density at radius 2 is 2.18 bits per heavy atom. The first-order valence-corrected chi connectivity index (χ1v) is 6.15. The Labute approximate surface area is 101 Å². The molecule has 3 unspecified atom stereocenters. The van der Waals surface area contributed by atoms with Crippen molar-refractivity contribution >= 4 is 11.0 Å². The van der Waals surface area contributed by atoms with Crippen LogP contribution in [0, 0.1) is 18.8 Å². The number of furan rings is 1. The molecule has 3 atom stereocenters. The molecule has 0 radical (unpaired) electrons. The highest BCUT2D eigenvalue weighted by atomic mass is 16.3. The first-order chi connectivity index (χ1) is 8.19. The molecular weight excluding hydrogens is 212 g/mol. The number of aryl methyl sites for hydroxylation is 1. The zero-order valence-corrected chi connectivity index (χ0v) is 10.2. The van der Waals surface area contributed by atoms with Crippen molar-refractivity contribution in [2.75, 3.05) is 0 Å². The molecule has 1 heterocycles. The molecule has 1 fully saturated rings. The van der Waals surface area contributed by atoms with Crippen LogP contribution in [0.5, 0.6) is 0 Å². The molecule has 3 heteroatoms. The summed E-state index contributed by atoms with van der Waals surface area (Å²) in [6, 6.07) is 8.50. The minimum atomic E-state index is 0.151. The summed E-state index contributed by atoms with van der Waals surface area (Å²) in [4.78, 5) is 0. The number of nitrogens with two attached hydrogens (primary N) is 1. The van der Waals surface area contributed by atoms with Gasteiger partial charge in [-0.25, -0.2) is 5.43 Å². The molecule has 1 saturated carbocycles. The third kappa shape index (κ3) is 1.85. The standard InChI is InChI=1S/C14H18N2O/c1-8-3-4-12-10(5-8)7-13(17-12)14(16-15)11-6-9(11)2/h3-5,7,9,11,14,16H,6,15H2,1-2H3. The predicted octanol–water partition coefficient (Wildman–Crippen LogP) is 2.90. The molecule has 2 aromatic rings. The van der Waals surface area contributed by atoms with Gasteiger partial charge in [0.2, 0.25) is 0 Å². The molecule has 0 bridgehead atoms. The fourth-order valence-corrected chi connectivity index (χ4v) is 2.57. The van der Waals surface area contributed by atoms with Crippen molar-refractivity contribution in [3.8, 4) is 0 Å². The quantitative estimate of drug-likeness (QED) is 0.629. The van der Waals surface area contributed by atoms with E-state index >= 15 is 0 Å². The minimum Gasteiger partial charge on any atom is -0.459 e. The first kappa shape index (κ1) is 10.8. The summed E-state index contributed by atoms with van der Waals surface area (Å²) in [6.45, 7) is 4.34. The topological polar surface area (TPSA) is 51.2 Å². The Morgan fingerprint density at radius 3 is 2.82 bits per heavy atom. The average molecular weight is 230 g/mol. The van der Waals surface area contributed by atoms with Crippen LogP contribution in [-0.4, -0.2) is 0 Å². The van der Waals surface area contributed by atoms with Crippen molar-refractivity contribution in [2.45, 2.75) is 26.3 Å². The number of hydrogen-bond acceptors (Lipinski definition) is 3. The molecule has 0 aliphatic heterocycles. The number of hydrogen-bond donors (Lipinski definition) is 2. The monoisotopic (exact) mass is 230 g/mol. The van der Waals surface area contributed by atoms with Crippen molar-refractivity contribution in [3.05, 3.63) is 35.6 Å². The Bertz CT molecular complexity index is 546. The third-order valence-electron chi connectivity index (χ3n) is 3.78. The summed E-state index contributed by atoms with van der Waals surface area (Å²) in [5.74, 6) is 7.96. The van der Waals surface area contributed by atoms with Gasteiger partial charge in [-0.05, 0) is 43.4 Å². The van der Waals surface area contributed by atoms with Gasteiger partial charge in [0, 0.05) is 5.39 Å². The van der Waals surface area contributed by atoms with Crippen molar-refractivity contribution in [1.82, 2.24) is 5.43 Å². The van der Waals surface area contributed by atoms with Crippen molar-refractivity contribution < 1.29 is 4.42 Å². The van der Waals surface area contributed by atoms with Gasteiger partial charge in [-0.1, -0.05) is 18.6 Å². The second-order valence-electron chi connectivity index (χ2n) is 5.21. The summed E-state index contributed by atoms with van der Waals surface area (Å²) >= 11 is 0. The summed E-state index contributed by atoms with van der Waals surface area (Å²) in [6.07, 6.45) is 1.23. The fourth-order valence-electron chi connectivity index (χ4n) is 2.57. The molecule has 1 aliphatic rings. The molecule has 0 saturated heterocycles. The third-order valence-corrected chi connectivity index (χ3v) is 3.78. The van der Waals surface area contributed by atoms with Crippen LogP contribution < -0.4 is 11.3 Å². The highest BCUT2D eigenvalue weighted by molar-refractivity contribution is 5.78. The molecule has 3 nitrogen and oxygen atoms in total. The molecule has 1 aromatic heterocycles. The molecule has 17 heavy (non-hydrogen) atoms. The van der Waals surface area contributed by atoms with Gasteiger partial charge in [-0.15, -0.1) is 0 Å². The van der Waals surface area contributed by atoms with Gasteiger partial charge in [-0.3, -0.25) is 5.84 Å². The maximum Gasteiger partial charge on any atom is 0.134 e. The van der Waals surface area contributed by atoms with E-state index in [1.54, 1.807) is 0 Å². The van der Waals surface area contributed by atoms with E-state index in [1.807, 2.05) is 6.07 Å². The molecule has 1 aromatic carbocycles. The van der Waals surface area contributed by atoms with Gasteiger partial charge >= 0.3 is 0 Å². The molecule has 90 valence electrons. The summed E-state index contributed by atoms with van der Waals surface area (Å²) in [5, 5.41) is 1.16. The Balaban J connectivity index is 1.99. The molecule has 3 rings (SSSR count). The van der Waals surface area contributed by atoms with Crippen LogP contribution in [0.15, 0.2) is 28.7 Å². The number of fused-ring (bicyclic) bond motifs is 1. The zero-order chi connectivity index (χ0) is 12.0. The Hall–Kier alpha value is -1.32. The maximum atomic E-state index is 5.88. The number of benzene rings is 1. The van der Waals surface area contributed by atoms with Gasteiger partial charge in [0.1, 0.15) is 11.3 Å². The van der Waals surface area contributed by atoms with Crippen molar-refractivity contribution in [2.24, 2.45) is 17.7 Å². The van der Waals surface area contributed by atoms with Gasteiger partial charge in [0.15, 0.2) is 0 Å². The van der Waals surface area contributed by atoms with Crippen LogP contribution in [-0.2, 0) is 0 Å². The molecule has 0 amide bonds. The predicted molar refractivity (Wildman–Crippen MR) is 68.3 cm³/mol. The van der Waals surface area contributed by atoms with E-state index < -0.39 is 0 Å². The summed E-state index contributed by atoms with van der Waals surface area (Å²) in [7, 11) is 0. The largest absolute Gasteiger partial charge is 0.459 e. The van der Waals surface area contributed by atoms with Crippen LogP contribution in [0.25, 0.3) is 11.0 Å². The lowest BCUT2D eigenvalue weighted by molar-refractivity contribution is 0.391. The van der Waals surface area contributed by atoms with Crippen LogP contribution in [0.1, 0.15) is 30.7 Å². The smallest absolute Gasteiger partial charge is 0.134 e. The maximum absolute atomic E-state index is 5.88. The zero-order valence-electron chi connectivity index (χ0n) is 10.2. The van der Waals surface area contributed by atoms with E-state index in [2.05, 4.69) is 37.5 Å². The summed E-state index contributed by atoms with van der Waals surface area (Å²) < 4.78 is 5.88. The van der Waals surface area contributed by atoms with Gasteiger partial charge in [0.05, 0.1) is 6.04 Å². The van der Waals surface area contributed by atoms with E-state index in [9.17, 15) is 0 Å². The lowest BCUT2D eigenvalue weighted by Crippen LogP contribution is -2.29. The van der Waals surface area contributed by atoms with E-state index in [0.29, 0.717) is 5.92 Å². The molecule has 0 spiro atoms. The highest BCUT2D eigenvalue weighted by Gasteiger charge is 2.41. The van der Waals surface area contributed by atoms with E-state index in [-0.39, 0.29) is 6.04 Å². The van der Waals surface area contributed by atoms with Crippen LogP contribution in [0.4, 0.5) is 0 Å². The normalized spacial score (nSPS) is 25.1. The van der Waals surface area contributed by atoms with E-state index in [0.717, 1.165) is 22.6 Å². The van der Waals surface area contributed by atoms with Gasteiger partial charge in [0.25, 0.3) is 0 Å². The van der Waals surface area contributed by atoms with Gasteiger partial charge in [-0.2, -0.15) is 0 Å². The Morgan fingerprint density at radius 1 is 1.41 bits per heavy atom. The lowest BCUT2D eigenvalue weighted by Gasteiger charge is -2.11. The lowest BCUT2D eigenvalue weighted by atomic mass is 10.1. The first-order valence-electron chi connectivity index (χ1n) is 6.15. The van der Waals surface area contributed by atoms with Crippen LogP contribution in [0.2, 0.25) is 0 Å².